The predicted octanol–water partition coefficient (Wildman–Crippen LogP) is 3.29. The highest BCUT2D eigenvalue weighted by atomic mass is 35.5. The standard InChI is InChI=1S/C21H20ClN7O/c1-28-8-6-15(27-28)11-24-19-20-25-12-18(29(20)9-7-23-19)13-2-5-16(17(22)10-13)21(30)26-14-3-4-14/h2,5-10,12,14H,3-4,11H2,1H3,(H,23,24)(H,26,30). The summed E-state index contributed by atoms with van der Waals surface area (Å²) in [6.45, 7) is 0.548. The van der Waals surface area contributed by atoms with Gasteiger partial charge in [0.1, 0.15) is 0 Å². The number of carbonyl (C=O) groups excluding carboxylic acids is 1. The summed E-state index contributed by atoms with van der Waals surface area (Å²) in [5, 5.41) is 11.0. The summed E-state index contributed by atoms with van der Waals surface area (Å²) in [6, 6.07) is 7.69. The van der Waals surface area contributed by atoms with E-state index in [1.54, 1.807) is 29.2 Å². The minimum atomic E-state index is -0.127. The molecule has 3 heterocycles. The van der Waals surface area contributed by atoms with Gasteiger partial charge in [-0.2, -0.15) is 5.10 Å². The van der Waals surface area contributed by atoms with Crippen LogP contribution >= 0.6 is 11.6 Å². The molecule has 1 fully saturated rings. The molecule has 1 aliphatic carbocycles. The molecule has 0 atom stereocenters. The number of fused-ring (bicyclic) bond motifs is 1. The summed E-state index contributed by atoms with van der Waals surface area (Å²) in [5.41, 5.74) is 3.84. The van der Waals surface area contributed by atoms with Crippen LogP contribution in [0.2, 0.25) is 5.02 Å². The van der Waals surface area contributed by atoms with Gasteiger partial charge in [-0.05, 0) is 31.0 Å². The number of anilines is 1. The van der Waals surface area contributed by atoms with E-state index in [0.29, 0.717) is 28.6 Å². The van der Waals surface area contributed by atoms with E-state index in [0.717, 1.165) is 29.8 Å². The average Bonchev–Trinajstić information content (AvgIpc) is 3.28. The molecule has 2 N–H and O–H groups in total. The number of hydrogen-bond acceptors (Lipinski definition) is 5. The number of amides is 1. The fourth-order valence-corrected chi connectivity index (χ4v) is 3.61. The number of hydrogen-bond donors (Lipinski definition) is 2. The third-order valence-electron chi connectivity index (χ3n) is 5.06. The van der Waals surface area contributed by atoms with Crippen LogP contribution in [0.5, 0.6) is 0 Å². The van der Waals surface area contributed by atoms with E-state index in [2.05, 4.69) is 25.7 Å². The van der Waals surface area contributed by atoms with Gasteiger partial charge < -0.3 is 10.6 Å². The molecule has 0 bridgehead atoms. The highest BCUT2D eigenvalue weighted by molar-refractivity contribution is 6.34. The van der Waals surface area contributed by atoms with Crippen molar-refractivity contribution in [3.63, 3.8) is 0 Å². The highest BCUT2D eigenvalue weighted by Crippen LogP contribution is 2.28. The third kappa shape index (κ3) is 3.61. The van der Waals surface area contributed by atoms with Crippen LogP contribution < -0.4 is 10.6 Å². The van der Waals surface area contributed by atoms with Crippen LogP contribution in [-0.4, -0.2) is 36.1 Å². The summed E-state index contributed by atoms with van der Waals surface area (Å²) in [5.74, 6) is 0.540. The lowest BCUT2D eigenvalue weighted by Crippen LogP contribution is -2.25. The maximum Gasteiger partial charge on any atom is 0.253 e. The second-order valence-corrected chi connectivity index (χ2v) is 7.80. The van der Waals surface area contributed by atoms with Crippen LogP contribution in [0.4, 0.5) is 5.82 Å². The summed E-state index contributed by atoms with van der Waals surface area (Å²) < 4.78 is 3.71. The molecule has 0 unspecified atom stereocenters. The van der Waals surface area contributed by atoms with E-state index in [4.69, 9.17) is 11.6 Å². The molecular weight excluding hydrogens is 402 g/mol. The normalized spacial score (nSPS) is 13.5. The molecule has 0 radical (unpaired) electrons. The average molecular weight is 422 g/mol. The molecule has 1 amide bonds. The minimum absolute atomic E-state index is 0.127. The summed E-state index contributed by atoms with van der Waals surface area (Å²) >= 11 is 6.42. The molecule has 5 rings (SSSR count). The van der Waals surface area contributed by atoms with Crippen molar-refractivity contribution in [2.45, 2.75) is 25.4 Å². The fraction of sp³-hybridized carbons (Fsp3) is 0.238. The number of aryl methyl sites for hydroxylation is 1. The second-order valence-electron chi connectivity index (χ2n) is 7.39. The van der Waals surface area contributed by atoms with Gasteiger partial charge in [0, 0.05) is 37.2 Å². The molecule has 0 saturated heterocycles. The number of nitrogens with one attached hydrogen (secondary N) is 2. The first-order valence-electron chi connectivity index (χ1n) is 9.74. The first kappa shape index (κ1) is 18.6. The molecule has 1 saturated carbocycles. The van der Waals surface area contributed by atoms with Gasteiger partial charge in [-0.3, -0.25) is 13.9 Å². The number of carbonyl (C=O) groups is 1. The van der Waals surface area contributed by atoms with Crippen LogP contribution in [0.15, 0.2) is 49.1 Å². The zero-order valence-electron chi connectivity index (χ0n) is 16.3. The largest absolute Gasteiger partial charge is 0.361 e. The maximum atomic E-state index is 12.3. The Bertz CT molecular complexity index is 1240. The van der Waals surface area contributed by atoms with Crippen LogP contribution in [0, 0.1) is 0 Å². The Hall–Kier alpha value is -3.39. The number of benzene rings is 1. The van der Waals surface area contributed by atoms with Gasteiger partial charge in [0.2, 0.25) is 0 Å². The van der Waals surface area contributed by atoms with E-state index in [1.165, 1.54) is 0 Å². The van der Waals surface area contributed by atoms with Crippen molar-refractivity contribution in [2.75, 3.05) is 5.32 Å². The van der Waals surface area contributed by atoms with Crippen LogP contribution in [0.1, 0.15) is 28.9 Å². The topological polar surface area (TPSA) is 89.1 Å². The number of aromatic nitrogens is 5. The first-order chi connectivity index (χ1) is 14.6. The predicted molar refractivity (Wildman–Crippen MR) is 114 cm³/mol. The lowest BCUT2D eigenvalue weighted by molar-refractivity contribution is 0.0951. The van der Waals surface area contributed by atoms with Gasteiger partial charge in [-0.15, -0.1) is 0 Å². The highest BCUT2D eigenvalue weighted by Gasteiger charge is 2.25. The van der Waals surface area contributed by atoms with Gasteiger partial charge in [0.05, 0.1) is 34.7 Å². The lowest BCUT2D eigenvalue weighted by atomic mass is 10.1. The molecule has 1 aromatic carbocycles. The molecular formula is C21H20ClN7O. The van der Waals surface area contributed by atoms with Crippen molar-refractivity contribution in [1.29, 1.82) is 0 Å². The van der Waals surface area contributed by atoms with Crippen LogP contribution in [0.25, 0.3) is 16.9 Å². The molecule has 9 heteroatoms. The Balaban J connectivity index is 1.42. The van der Waals surface area contributed by atoms with Crippen molar-refractivity contribution in [3.8, 4) is 11.3 Å². The fourth-order valence-electron chi connectivity index (χ4n) is 3.34. The van der Waals surface area contributed by atoms with Crippen molar-refractivity contribution < 1.29 is 4.79 Å². The molecule has 4 aromatic rings. The van der Waals surface area contributed by atoms with E-state index < -0.39 is 0 Å². The Morgan fingerprint density at radius 3 is 2.83 bits per heavy atom. The quantitative estimate of drug-likeness (QED) is 0.498. The van der Waals surface area contributed by atoms with Crippen LogP contribution in [0.3, 0.4) is 0 Å². The maximum absolute atomic E-state index is 12.3. The van der Waals surface area contributed by atoms with Crippen molar-refractivity contribution in [3.05, 3.63) is 65.3 Å². The number of imidazole rings is 1. The van der Waals surface area contributed by atoms with E-state index in [1.807, 2.05) is 36.0 Å². The molecule has 0 aliphatic heterocycles. The Labute approximate surface area is 177 Å². The third-order valence-corrected chi connectivity index (χ3v) is 5.37. The van der Waals surface area contributed by atoms with E-state index in [9.17, 15) is 4.79 Å². The number of halogens is 1. The number of rotatable bonds is 6. The van der Waals surface area contributed by atoms with Gasteiger partial charge in [-0.25, -0.2) is 9.97 Å². The summed E-state index contributed by atoms with van der Waals surface area (Å²) in [6.07, 6.45) is 9.32. The Morgan fingerprint density at radius 2 is 2.10 bits per heavy atom. The smallest absolute Gasteiger partial charge is 0.253 e. The van der Waals surface area contributed by atoms with Gasteiger partial charge in [0.25, 0.3) is 5.91 Å². The van der Waals surface area contributed by atoms with Gasteiger partial charge >= 0.3 is 0 Å². The Kier molecular flexibility index (Phi) is 4.63. The van der Waals surface area contributed by atoms with E-state index in [-0.39, 0.29) is 11.9 Å². The molecule has 1 aliphatic rings. The van der Waals surface area contributed by atoms with Crippen molar-refractivity contribution >= 4 is 29.0 Å². The number of nitrogens with zero attached hydrogens (tertiary/aromatic N) is 5. The molecule has 0 spiro atoms. The van der Waals surface area contributed by atoms with Gasteiger partial charge in [0.15, 0.2) is 11.5 Å². The summed E-state index contributed by atoms with van der Waals surface area (Å²) in [4.78, 5) is 21.3. The second kappa shape index (κ2) is 7.46. The van der Waals surface area contributed by atoms with Crippen molar-refractivity contribution in [2.24, 2.45) is 7.05 Å². The minimum Gasteiger partial charge on any atom is -0.361 e. The SMILES string of the molecule is Cn1ccc(CNc2nccn3c(-c4ccc(C(=O)NC5CC5)c(Cl)c4)cnc23)n1. The Morgan fingerprint density at radius 1 is 1.23 bits per heavy atom. The zero-order chi connectivity index (χ0) is 20.7. The summed E-state index contributed by atoms with van der Waals surface area (Å²) in [7, 11) is 1.88. The molecule has 3 aromatic heterocycles. The monoisotopic (exact) mass is 421 g/mol. The first-order valence-corrected chi connectivity index (χ1v) is 10.1. The van der Waals surface area contributed by atoms with Gasteiger partial charge in [-0.1, -0.05) is 17.7 Å². The zero-order valence-corrected chi connectivity index (χ0v) is 17.1. The van der Waals surface area contributed by atoms with Crippen molar-refractivity contribution in [1.82, 2.24) is 29.5 Å². The lowest BCUT2D eigenvalue weighted by Gasteiger charge is -2.09. The molecule has 152 valence electrons. The molecule has 30 heavy (non-hydrogen) atoms. The van der Waals surface area contributed by atoms with Crippen LogP contribution in [-0.2, 0) is 13.6 Å². The van der Waals surface area contributed by atoms with E-state index >= 15 is 0 Å². The molecule has 8 nitrogen and oxygen atoms in total.